The number of anilines is 1. The minimum Gasteiger partial charge on any atom is -0.307 e. The van der Waals surface area contributed by atoms with Crippen LogP contribution in [0.2, 0.25) is 0 Å². The summed E-state index contributed by atoms with van der Waals surface area (Å²) in [7, 11) is 0. The van der Waals surface area contributed by atoms with Crippen molar-refractivity contribution in [3.63, 3.8) is 0 Å². The van der Waals surface area contributed by atoms with Gasteiger partial charge in [0.05, 0.1) is 17.9 Å². The lowest BCUT2D eigenvalue weighted by Gasteiger charge is -2.29. The second kappa shape index (κ2) is 7.82. The SMILES string of the molecule is CC(C)CCC(=O)N1Cc2ccccc2-c2nnn(C(C)C)c2-c2ccccc21. The van der Waals surface area contributed by atoms with Crippen LogP contribution in [0.25, 0.3) is 22.5 Å². The number of hydrogen-bond donors (Lipinski definition) is 0. The summed E-state index contributed by atoms with van der Waals surface area (Å²) in [5.41, 5.74) is 5.94. The Labute approximate surface area is 172 Å². The molecular formula is C24H28N4O. The molecule has 0 N–H and O–H groups in total. The number of fused-ring (bicyclic) bond motifs is 5. The van der Waals surface area contributed by atoms with Gasteiger partial charge >= 0.3 is 0 Å². The van der Waals surface area contributed by atoms with E-state index in [1.54, 1.807) is 0 Å². The van der Waals surface area contributed by atoms with Crippen LogP contribution in [0.4, 0.5) is 5.69 Å². The topological polar surface area (TPSA) is 51.0 Å². The summed E-state index contributed by atoms with van der Waals surface area (Å²) in [5, 5.41) is 9.03. The van der Waals surface area contributed by atoms with Gasteiger partial charge < -0.3 is 4.90 Å². The summed E-state index contributed by atoms with van der Waals surface area (Å²) >= 11 is 0. The van der Waals surface area contributed by atoms with Gasteiger partial charge in [-0.15, -0.1) is 5.10 Å². The highest BCUT2D eigenvalue weighted by Gasteiger charge is 2.29. The molecule has 0 fully saturated rings. The van der Waals surface area contributed by atoms with E-state index >= 15 is 0 Å². The van der Waals surface area contributed by atoms with Crippen LogP contribution in [0.5, 0.6) is 0 Å². The highest BCUT2D eigenvalue weighted by Crippen LogP contribution is 2.42. The first-order valence-corrected chi connectivity index (χ1v) is 10.4. The van der Waals surface area contributed by atoms with Gasteiger partial charge in [-0.3, -0.25) is 4.79 Å². The number of nitrogens with zero attached hydrogens (tertiary/aromatic N) is 4. The van der Waals surface area contributed by atoms with Crippen LogP contribution in [0, 0.1) is 5.92 Å². The van der Waals surface area contributed by atoms with Gasteiger partial charge in [0.2, 0.25) is 5.91 Å². The summed E-state index contributed by atoms with van der Waals surface area (Å²) in [6.07, 6.45) is 1.43. The van der Waals surface area contributed by atoms with Crippen molar-refractivity contribution in [3.8, 4) is 22.5 Å². The maximum absolute atomic E-state index is 13.3. The van der Waals surface area contributed by atoms with Gasteiger partial charge in [0.1, 0.15) is 5.69 Å². The molecule has 1 aromatic heterocycles. The zero-order valence-corrected chi connectivity index (χ0v) is 17.6. The van der Waals surface area contributed by atoms with Crippen molar-refractivity contribution >= 4 is 11.6 Å². The van der Waals surface area contributed by atoms with Gasteiger partial charge in [0, 0.05) is 23.6 Å². The summed E-state index contributed by atoms with van der Waals surface area (Å²) in [4.78, 5) is 15.2. The highest BCUT2D eigenvalue weighted by molar-refractivity contribution is 6.00. The lowest BCUT2D eigenvalue weighted by atomic mass is 9.95. The van der Waals surface area contributed by atoms with E-state index in [4.69, 9.17) is 0 Å². The average molecular weight is 389 g/mol. The van der Waals surface area contributed by atoms with Gasteiger partial charge in [-0.2, -0.15) is 0 Å². The zero-order chi connectivity index (χ0) is 20.5. The fraction of sp³-hybridized carbons (Fsp3) is 0.375. The molecule has 2 aromatic carbocycles. The van der Waals surface area contributed by atoms with Crippen molar-refractivity contribution in [1.29, 1.82) is 0 Å². The molecule has 150 valence electrons. The Hall–Kier alpha value is -2.95. The normalized spacial score (nSPS) is 13.0. The van der Waals surface area contributed by atoms with Crippen LogP contribution in [-0.2, 0) is 11.3 Å². The van der Waals surface area contributed by atoms with E-state index in [-0.39, 0.29) is 11.9 Å². The number of carbonyl (C=O) groups is 1. The van der Waals surface area contributed by atoms with E-state index in [1.165, 1.54) is 0 Å². The van der Waals surface area contributed by atoms with Gasteiger partial charge in [-0.05, 0) is 37.8 Å². The smallest absolute Gasteiger partial charge is 0.227 e. The predicted molar refractivity (Wildman–Crippen MR) is 117 cm³/mol. The molecule has 1 aliphatic rings. The standard InChI is InChI=1S/C24H28N4O/c1-16(2)13-14-22(29)27-15-18-9-5-6-10-19(18)23-24(28(17(3)4)26-25-23)20-11-7-8-12-21(20)27/h5-12,16-17H,13-15H2,1-4H3. The van der Waals surface area contributed by atoms with Crippen LogP contribution >= 0.6 is 0 Å². The van der Waals surface area contributed by atoms with Crippen molar-refractivity contribution in [3.05, 3.63) is 54.1 Å². The summed E-state index contributed by atoms with van der Waals surface area (Å²) in [5.74, 6) is 0.655. The molecule has 0 bridgehead atoms. The van der Waals surface area contributed by atoms with Gasteiger partial charge in [-0.25, -0.2) is 4.68 Å². The number of amides is 1. The molecule has 2 heterocycles. The number of carbonyl (C=O) groups excluding carboxylic acids is 1. The maximum Gasteiger partial charge on any atom is 0.227 e. The third-order valence-electron chi connectivity index (χ3n) is 5.47. The number of aromatic nitrogens is 3. The summed E-state index contributed by atoms with van der Waals surface area (Å²) in [6.45, 7) is 9.06. The molecule has 0 spiro atoms. The fourth-order valence-electron chi connectivity index (χ4n) is 3.91. The van der Waals surface area contributed by atoms with Crippen LogP contribution < -0.4 is 4.90 Å². The van der Waals surface area contributed by atoms with E-state index in [0.29, 0.717) is 18.9 Å². The molecule has 29 heavy (non-hydrogen) atoms. The largest absolute Gasteiger partial charge is 0.307 e. The quantitative estimate of drug-likeness (QED) is 0.595. The fourth-order valence-corrected chi connectivity index (χ4v) is 3.91. The molecule has 3 aromatic rings. The van der Waals surface area contributed by atoms with Gasteiger partial charge in [0.15, 0.2) is 0 Å². The average Bonchev–Trinajstić information content (AvgIpc) is 3.14. The molecule has 1 amide bonds. The third kappa shape index (κ3) is 3.57. The molecule has 1 aliphatic heterocycles. The lowest BCUT2D eigenvalue weighted by molar-refractivity contribution is -0.119. The Kier molecular flexibility index (Phi) is 5.22. The monoisotopic (exact) mass is 388 g/mol. The Morgan fingerprint density at radius 2 is 1.69 bits per heavy atom. The molecule has 0 atom stereocenters. The molecule has 0 saturated carbocycles. The van der Waals surface area contributed by atoms with Gasteiger partial charge in [0.25, 0.3) is 0 Å². The molecule has 0 saturated heterocycles. The van der Waals surface area contributed by atoms with Crippen LogP contribution in [0.15, 0.2) is 48.5 Å². The molecule has 4 rings (SSSR count). The molecule has 5 heteroatoms. The zero-order valence-electron chi connectivity index (χ0n) is 17.6. The molecule has 0 radical (unpaired) electrons. The van der Waals surface area contributed by atoms with Crippen molar-refractivity contribution in [2.75, 3.05) is 4.90 Å². The molecule has 5 nitrogen and oxygen atoms in total. The number of benzene rings is 2. The first-order valence-electron chi connectivity index (χ1n) is 10.4. The third-order valence-corrected chi connectivity index (χ3v) is 5.47. The predicted octanol–water partition coefficient (Wildman–Crippen LogP) is 5.48. The number of hydrogen-bond acceptors (Lipinski definition) is 3. The van der Waals surface area contributed by atoms with Crippen molar-refractivity contribution < 1.29 is 4.79 Å². The van der Waals surface area contributed by atoms with E-state index in [2.05, 4.69) is 56.2 Å². The van der Waals surface area contributed by atoms with Crippen LogP contribution in [-0.4, -0.2) is 20.9 Å². The first-order chi connectivity index (χ1) is 14.0. The van der Waals surface area contributed by atoms with E-state index in [0.717, 1.165) is 40.2 Å². The van der Waals surface area contributed by atoms with Gasteiger partial charge in [-0.1, -0.05) is 61.5 Å². The number of rotatable bonds is 4. The number of para-hydroxylation sites is 1. The molecular weight excluding hydrogens is 360 g/mol. The Bertz CT molecular complexity index is 1030. The second-order valence-corrected chi connectivity index (χ2v) is 8.41. The van der Waals surface area contributed by atoms with Crippen molar-refractivity contribution in [1.82, 2.24) is 15.0 Å². The minimum atomic E-state index is 0.160. The Balaban J connectivity index is 1.94. The lowest BCUT2D eigenvalue weighted by Crippen LogP contribution is -2.32. The summed E-state index contributed by atoms with van der Waals surface area (Å²) in [6, 6.07) is 16.5. The second-order valence-electron chi connectivity index (χ2n) is 8.41. The van der Waals surface area contributed by atoms with E-state index in [9.17, 15) is 4.79 Å². The maximum atomic E-state index is 13.3. The summed E-state index contributed by atoms with van der Waals surface area (Å²) < 4.78 is 1.97. The highest BCUT2D eigenvalue weighted by atomic mass is 16.2. The Morgan fingerprint density at radius 3 is 2.41 bits per heavy atom. The van der Waals surface area contributed by atoms with Crippen LogP contribution in [0.3, 0.4) is 0 Å². The van der Waals surface area contributed by atoms with Crippen LogP contribution in [0.1, 0.15) is 52.1 Å². The minimum absolute atomic E-state index is 0.160. The van der Waals surface area contributed by atoms with Crippen molar-refractivity contribution in [2.45, 2.75) is 53.1 Å². The molecule has 0 aliphatic carbocycles. The van der Waals surface area contributed by atoms with Crippen molar-refractivity contribution in [2.24, 2.45) is 5.92 Å². The Morgan fingerprint density at radius 1 is 1.00 bits per heavy atom. The molecule has 0 unspecified atom stereocenters. The van der Waals surface area contributed by atoms with E-state index in [1.807, 2.05) is 39.9 Å². The van der Waals surface area contributed by atoms with E-state index < -0.39 is 0 Å². The first kappa shape index (κ1) is 19.4.